The van der Waals surface area contributed by atoms with Crippen LogP contribution in [-0.2, 0) is 11.3 Å². The van der Waals surface area contributed by atoms with E-state index in [4.69, 9.17) is 4.74 Å². The minimum absolute atomic E-state index is 0.0740. The average molecular weight is 335 g/mol. The van der Waals surface area contributed by atoms with Crippen LogP contribution in [0.5, 0.6) is 0 Å². The van der Waals surface area contributed by atoms with E-state index in [2.05, 4.69) is 32.0 Å². The molecule has 0 aliphatic rings. The SMILES string of the molecule is CCOC(=O)c1cn(Cc2cc(C)cc(C)c2)c2ccccc2c1=O. The third kappa shape index (κ3) is 3.48. The predicted octanol–water partition coefficient (Wildman–Crippen LogP) is 3.84. The van der Waals surface area contributed by atoms with E-state index in [0.717, 1.165) is 11.1 Å². The fourth-order valence-corrected chi connectivity index (χ4v) is 3.19. The molecule has 4 nitrogen and oxygen atoms in total. The maximum atomic E-state index is 12.6. The van der Waals surface area contributed by atoms with E-state index in [-0.39, 0.29) is 17.6 Å². The summed E-state index contributed by atoms with van der Waals surface area (Å²) < 4.78 is 6.99. The molecule has 0 saturated carbocycles. The molecular weight excluding hydrogens is 314 g/mol. The van der Waals surface area contributed by atoms with E-state index >= 15 is 0 Å². The molecule has 4 heteroatoms. The highest BCUT2D eigenvalue weighted by atomic mass is 16.5. The molecule has 0 radical (unpaired) electrons. The van der Waals surface area contributed by atoms with E-state index in [1.807, 2.05) is 16.7 Å². The van der Waals surface area contributed by atoms with Crippen LogP contribution in [0.4, 0.5) is 0 Å². The molecule has 0 unspecified atom stereocenters. The molecule has 1 heterocycles. The number of ether oxygens (including phenoxy) is 1. The van der Waals surface area contributed by atoms with Gasteiger partial charge in [-0.15, -0.1) is 0 Å². The summed E-state index contributed by atoms with van der Waals surface area (Å²) >= 11 is 0. The normalized spacial score (nSPS) is 10.8. The van der Waals surface area contributed by atoms with Crippen molar-refractivity contribution in [1.82, 2.24) is 4.57 Å². The maximum absolute atomic E-state index is 12.6. The zero-order chi connectivity index (χ0) is 18.0. The Balaban J connectivity index is 2.17. The zero-order valence-electron chi connectivity index (χ0n) is 14.7. The Morgan fingerprint density at radius 2 is 1.76 bits per heavy atom. The number of rotatable bonds is 4. The standard InChI is InChI=1S/C21H21NO3/c1-4-25-21(24)18-13-22(12-16-10-14(2)9-15(3)11-16)19-8-6-5-7-17(19)20(18)23/h5-11,13H,4,12H2,1-3H3. The molecule has 128 valence electrons. The number of benzene rings is 2. The quantitative estimate of drug-likeness (QED) is 0.681. The first-order valence-electron chi connectivity index (χ1n) is 8.36. The second-order valence-electron chi connectivity index (χ2n) is 6.23. The number of aromatic nitrogens is 1. The number of hydrogen-bond donors (Lipinski definition) is 0. The van der Waals surface area contributed by atoms with Crippen LogP contribution in [0, 0.1) is 13.8 Å². The van der Waals surface area contributed by atoms with E-state index in [0.29, 0.717) is 11.9 Å². The Hall–Kier alpha value is -2.88. The molecule has 0 N–H and O–H groups in total. The molecule has 0 amide bonds. The van der Waals surface area contributed by atoms with Crippen LogP contribution in [-0.4, -0.2) is 17.1 Å². The van der Waals surface area contributed by atoms with Crippen molar-refractivity contribution in [3.05, 3.63) is 81.1 Å². The van der Waals surface area contributed by atoms with Crippen LogP contribution in [0.15, 0.2) is 53.5 Å². The predicted molar refractivity (Wildman–Crippen MR) is 99.2 cm³/mol. The highest BCUT2D eigenvalue weighted by Gasteiger charge is 2.16. The van der Waals surface area contributed by atoms with Crippen LogP contribution in [0.2, 0.25) is 0 Å². The molecule has 0 saturated heterocycles. The number of carbonyl (C=O) groups is 1. The zero-order valence-corrected chi connectivity index (χ0v) is 14.7. The van der Waals surface area contributed by atoms with E-state index in [9.17, 15) is 9.59 Å². The topological polar surface area (TPSA) is 48.3 Å². The van der Waals surface area contributed by atoms with Gasteiger partial charge in [-0.25, -0.2) is 4.79 Å². The Kier molecular flexibility index (Phi) is 4.70. The lowest BCUT2D eigenvalue weighted by molar-refractivity contribution is 0.0524. The molecule has 0 aliphatic carbocycles. The van der Waals surface area contributed by atoms with Crippen molar-refractivity contribution in [3.8, 4) is 0 Å². The van der Waals surface area contributed by atoms with Gasteiger partial charge in [-0.1, -0.05) is 41.5 Å². The molecule has 0 bridgehead atoms. The third-order valence-electron chi connectivity index (χ3n) is 4.12. The van der Waals surface area contributed by atoms with Crippen molar-refractivity contribution in [2.45, 2.75) is 27.3 Å². The summed E-state index contributed by atoms with van der Waals surface area (Å²) in [5.74, 6) is -0.576. The van der Waals surface area contributed by atoms with E-state index < -0.39 is 5.97 Å². The van der Waals surface area contributed by atoms with Gasteiger partial charge in [0.25, 0.3) is 0 Å². The monoisotopic (exact) mass is 335 g/mol. The van der Waals surface area contributed by atoms with Gasteiger partial charge in [0.15, 0.2) is 0 Å². The lowest BCUT2D eigenvalue weighted by Crippen LogP contribution is -2.21. The summed E-state index contributed by atoms with van der Waals surface area (Å²) in [6.07, 6.45) is 1.61. The summed E-state index contributed by atoms with van der Waals surface area (Å²) in [6.45, 7) is 6.67. The van der Waals surface area contributed by atoms with Gasteiger partial charge in [-0.2, -0.15) is 0 Å². The molecule has 0 spiro atoms. The van der Waals surface area contributed by atoms with Crippen molar-refractivity contribution >= 4 is 16.9 Å². The minimum atomic E-state index is -0.576. The second kappa shape index (κ2) is 6.93. The minimum Gasteiger partial charge on any atom is -0.462 e. The summed E-state index contributed by atoms with van der Waals surface area (Å²) in [4.78, 5) is 24.8. The van der Waals surface area contributed by atoms with Crippen LogP contribution in [0.1, 0.15) is 34.0 Å². The Morgan fingerprint density at radius 1 is 1.08 bits per heavy atom. The molecule has 0 fully saturated rings. The van der Waals surface area contributed by atoms with Crippen molar-refractivity contribution in [2.24, 2.45) is 0 Å². The van der Waals surface area contributed by atoms with Gasteiger partial charge >= 0.3 is 5.97 Å². The Labute approximate surface area is 146 Å². The summed E-state index contributed by atoms with van der Waals surface area (Å²) in [5.41, 5.74) is 4.09. The maximum Gasteiger partial charge on any atom is 0.343 e. The fraction of sp³-hybridized carbons (Fsp3) is 0.238. The summed E-state index contributed by atoms with van der Waals surface area (Å²) in [6, 6.07) is 13.7. The van der Waals surface area contributed by atoms with Crippen LogP contribution >= 0.6 is 0 Å². The number of esters is 1. The average Bonchev–Trinajstić information content (AvgIpc) is 2.57. The van der Waals surface area contributed by atoms with Gasteiger partial charge in [-0.3, -0.25) is 4.79 Å². The van der Waals surface area contributed by atoms with Crippen molar-refractivity contribution in [3.63, 3.8) is 0 Å². The van der Waals surface area contributed by atoms with Crippen LogP contribution in [0.25, 0.3) is 10.9 Å². The van der Waals surface area contributed by atoms with Gasteiger partial charge in [0.05, 0.1) is 12.1 Å². The molecular formula is C21H21NO3. The number of pyridine rings is 1. The van der Waals surface area contributed by atoms with Crippen LogP contribution in [0.3, 0.4) is 0 Å². The lowest BCUT2D eigenvalue weighted by atomic mass is 10.1. The van der Waals surface area contributed by atoms with Gasteiger partial charge in [0.1, 0.15) is 5.56 Å². The number of para-hydroxylation sites is 1. The number of carbonyl (C=O) groups excluding carboxylic acids is 1. The largest absolute Gasteiger partial charge is 0.462 e. The summed E-state index contributed by atoms with van der Waals surface area (Å²) in [7, 11) is 0. The molecule has 0 aliphatic heterocycles. The van der Waals surface area contributed by atoms with Gasteiger partial charge in [0, 0.05) is 18.1 Å². The molecule has 3 aromatic rings. The Morgan fingerprint density at radius 3 is 2.44 bits per heavy atom. The van der Waals surface area contributed by atoms with Gasteiger partial charge in [-0.05, 0) is 38.5 Å². The number of aryl methyl sites for hydroxylation is 2. The third-order valence-corrected chi connectivity index (χ3v) is 4.12. The first-order chi connectivity index (χ1) is 12.0. The molecule has 0 atom stereocenters. The lowest BCUT2D eigenvalue weighted by Gasteiger charge is -2.14. The van der Waals surface area contributed by atoms with E-state index in [1.54, 1.807) is 25.3 Å². The molecule has 25 heavy (non-hydrogen) atoms. The molecule has 1 aromatic heterocycles. The summed E-state index contributed by atoms with van der Waals surface area (Å²) in [5, 5.41) is 0.525. The number of nitrogens with zero attached hydrogens (tertiary/aromatic N) is 1. The van der Waals surface area contributed by atoms with Crippen molar-refractivity contribution in [2.75, 3.05) is 6.61 Å². The Bertz CT molecular complexity index is 981. The molecule has 3 rings (SSSR count). The van der Waals surface area contributed by atoms with E-state index in [1.165, 1.54) is 11.1 Å². The van der Waals surface area contributed by atoms with Crippen molar-refractivity contribution < 1.29 is 9.53 Å². The fourth-order valence-electron chi connectivity index (χ4n) is 3.19. The molecule has 2 aromatic carbocycles. The first-order valence-corrected chi connectivity index (χ1v) is 8.36. The highest BCUT2D eigenvalue weighted by Crippen LogP contribution is 2.16. The number of hydrogen-bond acceptors (Lipinski definition) is 3. The first kappa shape index (κ1) is 17.0. The second-order valence-corrected chi connectivity index (χ2v) is 6.23. The smallest absolute Gasteiger partial charge is 0.343 e. The number of fused-ring (bicyclic) bond motifs is 1. The van der Waals surface area contributed by atoms with Gasteiger partial charge in [0.2, 0.25) is 5.43 Å². The highest BCUT2D eigenvalue weighted by molar-refractivity contribution is 5.93. The van der Waals surface area contributed by atoms with Crippen molar-refractivity contribution in [1.29, 1.82) is 0 Å². The van der Waals surface area contributed by atoms with Gasteiger partial charge < -0.3 is 9.30 Å². The van der Waals surface area contributed by atoms with Crippen LogP contribution < -0.4 is 5.43 Å².